The van der Waals surface area contributed by atoms with Gasteiger partial charge in [0.25, 0.3) is 0 Å². The van der Waals surface area contributed by atoms with Crippen LogP contribution in [0.1, 0.15) is 32.6 Å². The minimum atomic E-state index is -0.182. The van der Waals surface area contributed by atoms with Gasteiger partial charge in [0, 0.05) is 6.42 Å². The summed E-state index contributed by atoms with van der Waals surface area (Å²) in [6, 6.07) is 0. The van der Waals surface area contributed by atoms with Gasteiger partial charge in [0.2, 0.25) is 0 Å². The van der Waals surface area contributed by atoms with Crippen LogP contribution in [-0.2, 0) is 47.4 Å². The SMILES string of the molecule is CCCC(=O)OCCOCCOCCOCCOCCOCCOCCOCCOC1CCNCC1. The zero-order valence-electron chi connectivity index (χ0n) is 22.2. The summed E-state index contributed by atoms with van der Waals surface area (Å²) in [7, 11) is 0. The highest BCUT2D eigenvalue weighted by Gasteiger charge is 2.12. The Morgan fingerprint density at radius 3 is 1.33 bits per heavy atom. The van der Waals surface area contributed by atoms with Crippen LogP contribution >= 0.6 is 0 Å². The lowest BCUT2D eigenvalue weighted by Crippen LogP contribution is -2.33. The van der Waals surface area contributed by atoms with E-state index in [0.29, 0.717) is 112 Å². The summed E-state index contributed by atoms with van der Waals surface area (Å²) in [6.07, 6.45) is 3.78. The van der Waals surface area contributed by atoms with Gasteiger partial charge in [0.15, 0.2) is 0 Å². The van der Waals surface area contributed by atoms with Crippen molar-refractivity contribution in [1.82, 2.24) is 5.32 Å². The van der Waals surface area contributed by atoms with E-state index in [4.69, 9.17) is 42.6 Å². The monoisotopic (exact) mass is 523 g/mol. The third-order valence-electron chi connectivity index (χ3n) is 5.04. The molecule has 1 rings (SSSR count). The minimum Gasteiger partial charge on any atom is -0.463 e. The zero-order valence-corrected chi connectivity index (χ0v) is 22.2. The maximum atomic E-state index is 11.2. The molecule has 0 spiro atoms. The molecule has 11 nitrogen and oxygen atoms in total. The first-order valence-corrected chi connectivity index (χ1v) is 13.3. The van der Waals surface area contributed by atoms with Crippen LogP contribution in [0.15, 0.2) is 0 Å². The minimum absolute atomic E-state index is 0.182. The number of carbonyl (C=O) groups is 1. The predicted molar refractivity (Wildman–Crippen MR) is 133 cm³/mol. The largest absolute Gasteiger partial charge is 0.463 e. The second-order valence-corrected chi connectivity index (χ2v) is 8.08. The number of nitrogens with one attached hydrogen (secondary N) is 1. The molecule has 0 aromatic heterocycles. The molecule has 1 saturated heterocycles. The average Bonchev–Trinajstić information content (AvgIpc) is 2.89. The second kappa shape index (κ2) is 27.2. The van der Waals surface area contributed by atoms with E-state index in [0.717, 1.165) is 32.4 Å². The molecule has 36 heavy (non-hydrogen) atoms. The molecule has 0 unspecified atom stereocenters. The Morgan fingerprint density at radius 1 is 0.583 bits per heavy atom. The number of hydrogen-bond donors (Lipinski definition) is 1. The molecular weight excluding hydrogens is 474 g/mol. The highest BCUT2D eigenvalue weighted by Crippen LogP contribution is 2.06. The van der Waals surface area contributed by atoms with Crippen molar-refractivity contribution >= 4 is 5.97 Å². The third kappa shape index (κ3) is 23.5. The summed E-state index contributed by atoms with van der Waals surface area (Å²) >= 11 is 0. The maximum Gasteiger partial charge on any atom is 0.305 e. The van der Waals surface area contributed by atoms with E-state index in [-0.39, 0.29) is 12.6 Å². The second-order valence-electron chi connectivity index (χ2n) is 8.08. The lowest BCUT2D eigenvalue weighted by atomic mass is 10.1. The van der Waals surface area contributed by atoms with E-state index in [9.17, 15) is 4.79 Å². The maximum absolute atomic E-state index is 11.2. The number of esters is 1. The van der Waals surface area contributed by atoms with Crippen LogP contribution in [-0.4, -0.2) is 131 Å². The van der Waals surface area contributed by atoms with Crippen molar-refractivity contribution in [2.45, 2.75) is 38.7 Å². The Hall–Kier alpha value is -0.890. The van der Waals surface area contributed by atoms with E-state index in [1.807, 2.05) is 6.92 Å². The Bertz CT molecular complexity index is 466. The van der Waals surface area contributed by atoms with Crippen molar-refractivity contribution in [1.29, 1.82) is 0 Å². The predicted octanol–water partition coefficient (Wildman–Crippen LogP) is 1.21. The van der Waals surface area contributed by atoms with Gasteiger partial charge in [-0.05, 0) is 32.4 Å². The van der Waals surface area contributed by atoms with Crippen LogP contribution in [0, 0.1) is 0 Å². The fourth-order valence-corrected chi connectivity index (χ4v) is 3.15. The van der Waals surface area contributed by atoms with Gasteiger partial charge in [-0.25, -0.2) is 0 Å². The van der Waals surface area contributed by atoms with Crippen molar-refractivity contribution in [2.75, 3.05) is 119 Å². The van der Waals surface area contributed by atoms with Crippen LogP contribution in [0.2, 0.25) is 0 Å². The van der Waals surface area contributed by atoms with E-state index in [1.54, 1.807) is 0 Å². The molecule has 1 aliphatic rings. The summed E-state index contributed by atoms with van der Waals surface area (Å²) in [5.41, 5.74) is 0. The van der Waals surface area contributed by atoms with Crippen LogP contribution in [0.3, 0.4) is 0 Å². The molecule has 0 amide bonds. The van der Waals surface area contributed by atoms with Gasteiger partial charge in [0.1, 0.15) is 6.61 Å². The molecule has 0 aliphatic carbocycles. The summed E-state index contributed by atoms with van der Waals surface area (Å²) in [5, 5.41) is 3.32. The lowest BCUT2D eigenvalue weighted by molar-refractivity contribution is -0.145. The van der Waals surface area contributed by atoms with E-state index < -0.39 is 0 Å². The van der Waals surface area contributed by atoms with Crippen molar-refractivity contribution < 1.29 is 47.4 Å². The third-order valence-corrected chi connectivity index (χ3v) is 5.04. The number of rotatable bonds is 27. The van der Waals surface area contributed by atoms with Gasteiger partial charge in [-0.15, -0.1) is 0 Å². The average molecular weight is 524 g/mol. The van der Waals surface area contributed by atoms with Crippen molar-refractivity contribution in [3.05, 3.63) is 0 Å². The molecule has 1 aliphatic heterocycles. The smallest absolute Gasteiger partial charge is 0.305 e. The molecule has 0 aromatic rings. The molecule has 0 atom stereocenters. The molecule has 0 radical (unpaired) electrons. The van der Waals surface area contributed by atoms with Crippen molar-refractivity contribution in [3.63, 3.8) is 0 Å². The van der Waals surface area contributed by atoms with Gasteiger partial charge in [0.05, 0.1) is 105 Å². The van der Waals surface area contributed by atoms with Crippen LogP contribution < -0.4 is 5.32 Å². The van der Waals surface area contributed by atoms with Crippen LogP contribution in [0.25, 0.3) is 0 Å². The van der Waals surface area contributed by atoms with Crippen LogP contribution in [0.5, 0.6) is 0 Å². The first kappa shape index (κ1) is 33.1. The molecule has 1 heterocycles. The molecule has 0 saturated carbocycles. The van der Waals surface area contributed by atoms with Gasteiger partial charge >= 0.3 is 5.97 Å². The highest BCUT2D eigenvalue weighted by atomic mass is 16.6. The van der Waals surface area contributed by atoms with Gasteiger partial charge in [-0.2, -0.15) is 0 Å². The summed E-state index contributed by atoms with van der Waals surface area (Å²) in [4.78, 5) is 11.2. The number of piperidine rings is 1. The zero-order chi connectivity index (χ0) is 25.8. The van der Waals surface area contributed by atoms with E-state index in [1.165, 1.54) is 0 Å². The van der Waals surface area contributed by atoms with Crippen molar-refractivity contribution in [3.8, 4) is 0 Å². The Kier molecular flexibility index (Phi) is 25.0. The summed E-state index contributed by atoms with van der Waals surface area (Å²) in [6.45, 7) is 12.1. The number of carbonyl (C=O) groups excluding carboxylic acids is 1. The topological polar surface area (TPSA) is 112 Å². The Labute approximate surface area is 216 Å². The number of hydrogen-bond acceptors (Lipinski definition) is 11. The fraction of sp³-hybridized carbons (Fsp3) is 0.960. The standard InChI is InChI=1S/C25H49NO10/c1-2-3-25(27)36-23-21-34-19-17-32-15-13-30-11-9-28-8-10-29-12-14-31-16-18-33-20-22-35-24-4-6-26-7-5-24/h24,26H,2-23H2,1H3. The van der Waals surface area contributed by atoms with Crippen molar-refractivity contribution in [2.24, 2.45) is 0 Å². The fourth-order valence-electron chi connectivity index (χ4n) is 3.15. The first-order chi connectivity index (χ1) is 17.8. The van der Waals surface area contributed by atoms with Gasteiger partial charge in [-0.3, -0.25) is 4.79 Å². The highest BCUT2D eigenvalue weighted by molar-refractivity contribution is 5.69. The molecule has 0 aromatic carbocycles. The normalized spacial score (nSPS) is 14.4. The van der Waals surface area contributed by atoms with E-state index >= 15 is 0 Å². The molecule has 214 valence electrons. The molecular formula is C25H49NO10. The Balaban J connectivity index is 1.63. The van der Waals surface area contributed by atoms with Crippen LogP contribution in [0.4, 0.5) is 0 Å². The van der Waals surface area contributed by atoms with Gasteiger partial charge < -0.3 is 47.9 Å². The molecule has 1 fully saturated rings. The quantitative estimate of drug-likeness (QED) is 0.124. The Morgan fingerprint density at radius 2 is 0.944 bits per heavy atom. The van der Waals surface area contributed by atoms with E-state index in [2.05, 4.69) is 5.32 Å². The summed E-state index contributed by atoms with van der Waals surface area (Å²) in [5.74, 6) is -0.182. The first-order valence-electron chi connectivity index (χ1n) is 13.3. The number of ether oxygens (including phenoxy) is 9. The summed E-state index contributed by atoms with van der Waals surface area (Å²) < 4.78 is 48.8. The molecule has 11 heteroatoms. The van der Waals surface area contributed by atoms with Gasteiger partial charge in [-0.1, -0.05) is 6.92 Å². The molecule has 0 bridgehead atoms. The lowest BCUT2D eigenvalue weighted by Gasteiger charge is -2.22. The molecule has 1 N–H and O–H groups in total.